The zero-order chi connectivity index (χ0) is 10.5. The molecule has 1 aliphatic carbocycles. The predicted molar refractivity (Wildman–Crippen MR) is 70.2 cm³/mol. The van der Waals surface area contributed by atoms with Crippen LogP contribution in [0.5, 0.6) is 0 Å². The van der Waals surface area contributed by atoms with Crippen molar-refractivity contribution in [3.8, 4) is 0 Å². The van der Waals surface area contributed by atoms with Crippen molar-refractivity contribution in [2.75, 3.05) is 12.3 Å². The summed E-state index contributed by atoms with van der Waals surface area (Å²) in [5, 5.41) is 0. The van der Waals surface area contributed by atoms with E-state index in [1.54, 1.807) is 37.1 Å². The van der Waals surface area contributed by atoms with Gasteiger partial charge in [0.1, 0.15) is 0 Å². The summed E-state index contributed by atoms with van der Waals surface area (Å²) in [5.41, 5.74) is 2.64. The minimum Gasteiger partial charge on any atom is -0.0982 e. The molecule has 5 rings (SSSR count). The van der Waals surface area contributed by atoms with Gasteiger partial charge in [-0.25, -0.2) is 0 Å². The van der Waals surface area contributed by atoms with E-state index >= 15 is 0 Å². The highest BCUT2D eigenvalue weighted by Crippen LogP contribution is 2.70. The zero-order valence-electron chi connectivity index (χ0n) is 9.68. The maximum absolute atomic E-state index is 2.38. The Morgan fingerprint density at radius 1 is 0.875 bits per heavy atom. The molecule has 0 spiro atoms. The van der Waals surface area contributed by atoms with Crippen molar-refractivity contribution in [3.63, 3.8) is 0 Å². The molecule has 0 aromatic heterocycles. The Morgan fingerprint density at radius 3 is 2.19 bits per heavy atom. The van der Waals surface area contributed by atoms with Gasteiger partial charge in [-0.15, -0.1) is 0 Å². The Hall–Kier alpha value is -0.350. The second kappa shape index (κ2) is 3.57. The fourth-order valence-corrected chi connectivity index (χ4v) is 8.53. The van der Waals surface area contributed by atoms with Gasteiger partial charge < -0.3 is 0 Å². The zero-order valence-corrected chi connectivity index (χ0v) is 10.6. The van der Waals surface area contributed by atoms with Crippen molar-refractivity contribution in [2.24, 2.45) is 17.8 Å². The number of hydrogen-bond donors (Lipinski definition) is 0. The molecule has 0 amide bonds. The van der Waals surface area contributed by atoms with E-state index in [0.717, 1.165) is 23.4 Å². The van der Waals surface area contributed by atoms with Gasteiger partial charge in [0.15, 0.2) is 0 Å². The molecule has 4 aliphatic rings. The summed E-state index contributed by atoms with van der Waals surface area (Å²) in [6, 6.07) is 11.4. The normalized spacial score (nSPS) is 44.9. The predicted octanol–water partition coefficient (Wildman–Crippen LogP) is 4.27. The number of rotatable bonds is 1. The molecule has 3 unspecified atom stereocenters. The SMILES string of the molecule is c1ccc(C2C3CC4CC(C3)CP2C4)cc1. The van der Waals surface area contributed by atoms with E-state index in [0.29, 0.717) is 7.92 Å². The van der Waals surface area contributed by atoms with Gasteiger partial charge in [-0.3, -0.25) is 0 Å². The minimum absolute atomic E-state index is 0.349. The third kappa shape index (κ3) is 1.39. The summed E-state index contributed by atoms with van der Waals surface area (Å²) in [6.45, 7) is 0. The molecule has 0 nitrogen and oxygen atoms in total. The minimum atomic E-state index is 0.349. The maximum atomic E-state index is 2.38. The van der Waals surface area contributed by atoms with Crippen LogP contribution in [0.4, 0.5) is 0 Å². The molecule has 1 saturated carbocycles. The molecule has 84 valence electrons. The topological polar surface area (TPSA) is 0 Å². The van der Waals surface area contributed by atoms with Crippen LogP contribution in [-0.4, -0.2) is 12.3 Å². The quantitative estimate of drug-likeness (QED) is 0.632. The highest BCUT2D eigenvalue weighted by Gasteiger charge is 2.48. The largest absolute Gasteiger partial charge is 0.0982 e. The Morgan fingerprint density at radius 2 is 1.56 bits per heavy atom. The van der Waals surface area contributed by atoms with Crippen LogP contribution >= 0.6 is 7.92 Å². The van der Waals surface area contributed by atoms with Gasteiger partial charge in [-0.05, 0) is 54.9 Å². The van der Waals surface area contributed by atoms with E-state index < -0.39 is 0 Å². The summed E-state index contributed by atoms with van der Waals surface area (Å²) >= 11 is 0. The molecule has 0 N–H and O–H groups in total. The van der Waals surface area contributed by atoms with E-state index in [4.69, 9.17) is 0 Å². The summed E-state index contributed by atoms with van der Waals surface area (Å²) in [7, 11) is 0.349. The van der Waals surface area contributed by atoms with E-state index in [1.165, 1.54) is 0 Å². The van der Waals surface area contributed by atoms with Crippen molar-refractivity contribution in [3.05, 3.63) is 35.9 Å². The molecule has 1 aromatic rings. The van der Waals surface area contributed by atoms with Crippen molar-refractivity contribution in [2.45, 2.75) is 24.9 Å². The van der Waals surface area contributed by atoms with Gasteiger partial charge in [0, 0.05) is 5.66 Å². The molecular weight excluding hydrogens is 211 g/mol. The number of benzene rings is 1. The smallest absolute Gasteiger partial charge is 0.00704 e. The van der Waals surface area contributed by atoms with E-state index in [-0.39, 0.29) is 0 Å². The highest BCUT2D eigenvalue weighted by molar-refractivity contribution is 7.58. The molecule has 3 atom stereocenters. The summed E-state index contributed by atoms with van der Waals surface area (Å²) in [4.78, 5) is 0. The first-order valence-electron chi connectivity index (χ1n) is 6.69. The summed E-state index contributed by atoms with van der Waals surface area (Å²) in [5.74, 6) is 3.31. The van der Waals surface area contributed by atoms with E-state index in [2.05, 4.69) is 30.3 Å². The van der Waals surface area contributed by atoms with Crippen LogP contribution in [0.25, 0.3) is 0 Å². The lowest BCUT2D eigenvalue weighted by Gasteiger charge is -2.55. The van der Waals surface area contributed by atoms with Crippen molar-refractivity contribution < 1.29 is 0 Å². The Bertz CT molecular complexity index is 356. The van der Waals surface area contributed by atoms with E-state index in [1.807, 2.05) is 0 Å². The van der Waals surface area contributed by atoms with Gasteiger partial charge in [-0.1, -0.05) is 38.3 Å². The highest BCUT2D eigenvalue weighted by atomic mass is 31.1. The fourth-order valence-electron chi connectivity index (χ4n) is 4.57. The molecule has 1 heteroatoms. The first kappa shape index (κ1) is 9.66. The fraction of sp³-hybridized carbons (Fsp3) is 0.600. The van der Waals surface area contributed by atoms with Gasteiger partial charge in [0.25, 0.3) is 0 Å². The van der Waals surface area contributed by atoms with Crippen molar-refractivity contribution in [1.29, 1.82) is 0 Å². The monoisotopic (exact) mass is 230 g/mol. The maximum Gasteiger partial charge on any atom is 0.00704 e. The lowest BCUT2D eigenvalue weighted by atomic mass is 9.73. The van der Waals surface area contributed by atoms with Crippen LogP contribution in [0.2, 0.25) is 0 Å². The van der Waals surface area contributed by atoms with Crippen LogP contribution in [0.15, 0.2) is 30.3 Å². The van der Waals surface area contributed by atoms with Crippen LogP contribution in [0.3, 0.4) is 0 Å². The lowest BCUT2D eigenvalue weighted by Crippen LogP contribution is -2.40. The molecule has 3 heterocycles. The molecule has 4 bridgehead atoms. The molecule has 1 aromatic carbocycles. The van der Waals surface area contributed by atoms with E-state index in [9.17, 15) is 0 Å². The average molecular weight is 230 g/mol. The van der Waals surface area contributed by atoms with Crippen LogP contribution in [-0.2, 0) is 0 Å². The standard InChI is InChI=1S/C15H19P/c1-2-4-13(5-3-1)15-14-7-11-6-12(8-14)10-16(15)9-11/h1-5,11-12,14-15H,6-10H2. The Kier molecular flexibility index (Phi) is 2.15. The van der Waals surface area contributed by atoms with Crippen LogP contribution in [0.1, 0.15) is 30.5 Å². The molecule has 4 fully saturated rings. The first-order chi connectivity index (χ1) is 7.90. The molecular formula is C15H19P. The van der Waals surface area contributed by atoms with Gasteiger partial charge in [0.05, 0.1) is 0 Å². The average Bonchev–Trinajstić information content (AvgIpc) is 2.29. The summed E-state index contributed by atoms with van der Waals surface area (Å²) < 4.78 is 0. The lowest BCUT2D eigenvalue weighted by molar-refractivity contribution is 0.186. The van der Waals surface area contributed by atoms with Crippen molar-refractivity contribution >= 4 is 7.92 Å². The molecule has 3 aliphatic heterocycles. The third-order valence-electron chi connectivity index (χ3n) is 4.91. The van der Waals surface area contributed by atoms with Crippen molar-refractivity contribution in [1.82, 2.24) is 0 Å². The Labute approximate surface area is 99.2 Å². The van der Waals surface area contributed by atoms with Gasteiger partial charge >= 0.3 is 0 Å². The first-order valence-corrected chi connectivity index (χ1v) is 8.47. The Balaban J connectivity index is 1.70. The third-order valence-corrected chi connectivity index (χ3v) is 8.38. The second-order valence-corrected chi connectivity index (χ2v) is 8.47. The van der Waals surface area contributed by atoms with Crippen LogP contribution < -0.4 is 0 Å². The molecule has 3 saturated heterocycles. The van der Waals surface area contributed by atoms with Gasteiger partial charge in [-0.2, -0.15) is 0 Å². The summed E-state index contributed by atoms with van der Waals surface area (Å²) in [6.07, 6.45) is 7.88. The van der Waals surface area contributed by atoms with Crippen LogP contribution in [0, 0.1) is 17.8 Å². The van der Waals surface area contributed by atoms with Gasteiger partial charge in [0.2, 0.25) is 0 Å². The number of hydrogen-bond acceptors (Lipinski definition) is 0. The second-order valence-electron chi connectivity index (χ2n) is 6.01. The molecule has 0 radical (unpaired) electrons. The molecule has 16 heavy (non-hydrogen) atoms.